The molecule has 0 saturated heterocycles. The molecular formula is C17H18N4O3. The number of aryl methyl sites for hydroxylation is 1. The van der Waals surface area contributed by atoms with Crippen molar-refractivity contribution in [1.82, 2.24) is 15.8 Å². The van der Waals surface area contributed by atoms with E-state index in [0.29, 0.717) is 0 Å². The molecule has 1 aromatic heterocycles. The first-order chi connectivity index (χ1) is 11.6. The van der Waals surface area contributed by atoms with Crippen LogP contribution in [-0.4, -0.2) is 29.9 Å². The molecule has 2 heterocycles. The highest BCUT2D eigenvalue weighted by Crippen LogP contribution is 2.26. The van der Waals surface area contributed by atoms with E-state index in [4.69, 9.17) is 0 Å². The molecule has 1 aliphatic heterocycles. The zero-order chi connectivity index (χ0) is 16.9. The van der Waals surface area contributed by atoms with Crippen molar-refractivity contribution in [3.05, 3.63) is 64.1 Å². The van der Waals surface area contributed by atoms with Crippen LogP contribution in [0.25, 0.3) is 0 Å². The molecule has 0 atom stereocenters. The summed E-state index contributed by atoms with van der Waals surface area (Å²) in [4.78, 5) is 39.9. The van der Waals surface area contributed by atoms with E-state index in [-0.39, 0.29) is 18.0 Å². The molecule has 24 heavy (non-hydrogen) atoms. The Labute approximate surface area is 138 Å². The van der Waals surface area contributed by atoms with E-state index in [0.717, 1.165) is 25.1 Å². The molecule has 0 saturated carbocycles. The van der Waals surface area contributed by atoms with Crippen molar-refractivity contribution in [2.75, 3.05) is 18.0 Å². The van der Waals surface area contributed by atoms with Crippen LogP contribution in [0.2, 0.25) is 0 Å². The fraction of sp³-hybridized carbons (Fsp3) is 0.235. The van der Waals surface area contributed by atoms with Gasteiger partial charge in [-0.1, -0.05) is 18.2 Å². The maximum absolute atomic E-state index is 12.1. The zero-order valence-corrected chi connectivity index (χ0v) is 13.0. The molecular weight excluding hydrogens is 308 g/mol. The number of carbonyl (C=O) groups is 2. The van der Waals surface area contributed by atoms with Gasteiger partial charge in [-0.05, 0) is 36.6 Å². The minimum atomic E-state index is -0.649. The smallest absolute Gasteiger partial charge is 0.275 e. The third-order valence-electron chi connectivity index (χ3n) is 3.92. The number of benzene rings is 1. The lowest BCUT2D eigenvalue weighted by Gasteiger charge is -2.30. The number of hydrogen-bond acceptors (Lipinski definition) is 4. The van der Waals surface area contributed by atoms with Gasteiger partial charge in [-0.25, -0.2) is 0 Å². The maximum Gasteiger partial charge on any atom is 0.275 e. The Balaban J connectivity index is 1.58. The number of H-pyrrole nitrogens is 1. The minimum Gasteiger partial charge on any atom is -0.362 e. The number of para-hydroxylation sites is 1. The zero-order valence-electron chi connectivity index (χ0n) is 13.0. The number of aromatic amines is 1. The predicted octanol–water partition coefficient (Wildman–Crippen LogP) is 0.589. The number of rotatable bonds is 3. The van der Waals surface area contributed by atoms with Gasteiger partial charge in [-0.2, -0.15) is 0 Å². The van der Waals surface area contributed by atoms with E-state index in [1.165, 1.54) is 17.8 Å². The van der Waals surface area contributed by atoms with Gasteiger partial charge in [0.1, 0.15) is 5.56 Å². The highest BCUT2D eigenvalue weighted by molar-refractivity contribution is 5.95. The van der Waals surface area contributed by atoms with Gasteiger partial charge < -0.3 is 9.88 Å². The van der Waals surface area contributed by atoms with Gasteiger partial charge in [0.15, 0.2) is 0 Å². The Morgan fingerprint density at radius 3 is 2.79 bits per heavy atom. The molecule has 0 bridgehead atoms. The molecule has 124 valence electrons. The second-order valence-electron chi connectivity index (χ2n) is 5.57. The summed E-state index contributed by atoms with van der Waals surface area (Å²) < 4.78 is 0. The number of hydrogen-bond donors (Lipinski definition) is 3. The van der Waals surface area contributed by atoms with Crippen LogP contribution in [0.3, 0.4) is 0 Å². The van der Waals surface area contributed by atoms with E-state index < -0.39 is 11.5 Å². The van der Waals surface area contributed by atoms with Gasteiger partial charge in [0.2, 0.25) is 0 Å². The average molecular weight is 326 g/mol. The fourth-order valence-electron chi connectivity index (χ4n) is 2.78. The van der Waals surface area contributed by atoms with Crippen LogP contribution in [0.5, 0.6) is 0 Å². The lowest BCUT2D eigenvalue weighted by atomic mass is 10.0. The van der Waals surface area contributed by atoms with Crippen molar-refractivity contribution < 1.29 is 9.59 Å². The summed E-state index contributed by atoms with van der Waals surface area (Å²) in [5, 5.41) is 0. The van der Waals surface area contributed by atoms with Crippen molar-refractivity contribution in [1.29, 1.82) is 0 Å². The number of fused-ring (bicyclic) bond motifs is 1. The van der Waals surface area contributed by atoms with Gasteiger partial charge in [0, 0.05) is 18.4 Å². The van der Waals surface area contributed by atoms with Gasteiger partial charge >= 0.3 is 0 Å². The third-order valence-corrected chi connectivity index (χ3v) is 3.92. The van der Waals surface area contributed by atoms with Crippen LogP contribution >= 0.6 is 0 Å². The van der Waals surface area contributed by atoms with E-state index in [2.05, 4.69) is 21.9 Å². The Bertz CT molecular complexity index is 815. The molecule has 7 nitrogen and oxygen atoms in total. The number of carbonyl (C=O) groups excluding carboxylic acids is 2. The van der Waals surface area contributed by atoms with Crippen molar-refractivity contribution in [3.8, 4) is 0 Å². The van der Waals surface area contributed by atoms with Crippen molar-refractivity contribution in [3.63, 3.8) is 0 Å². The van der Waals surface area contributed by atoms with Gasteiger partial charge in [0.05, 0.1) is 6.54 Å². The number of amides is 2. The second-order valence-corrected chi connectivity index (χ2v) is 5.57. The molecule has 2 aromatic rings. The topological polar surface area (TPSA) is 94.3 Å². The molecule has 0 radical (unpaired) electrons. The minimum absolute atomic E-state index is 0.0545. The maximum atomic E-state index is 12.1. The molecule has 0 spiro atoms. The molecule has 3 N–H and O–H groups in total. The Kier molecular flexibility index (Phi) is 4.60. The Hall–Kier alpha value is -3.09. The SMILES string of the molecule is O=C(CN1CCCc2ccccc21)NNC(=O)c1ccc[nH]c1=O. The van der Waals surface area contributed by atoms with Gasteiger partial charge in [-0.3, -0.25) is 25.2 Å². The molecule has 3 rings (SSSR count). The summed E-state index contributed by atoms with van der Waals surface area (Å²) in [5.41, 5.74) is 6.33. The number of aromatic nitrogens is 1. The third kappa shape index (κ3) is 3.45. The molecule has 0 aliphatic carbocycles. The number of pyridine rings is 1. The van der Waals surface area contributed by atoms with Crippen LogP contribution < -0.4 is 21.3 Å². The average Bonchev–Trinajstić information content (AvgIpc) is 2.60. The summed E-state index contributed by atoms with van der Waals surface area (Å²) in [7, 11) is 0. The lowest BCUT2D eigenvalue weighted by Crippen LogP contribution is -2.48. The first-order valence-corrected chi connectivity index (χ1v) is 7.75. The Morgan fingerprint density at radius 2 is 1.96 bits per heavy atom. The van der Waals surface area contributed by atoms with E-state index in [1.54, 1.807) is 6.07 Å². The summed E-state index contributed by atoms with van der Waals surface area (Å²) in [6.07, 6.45) is 3.42. The largest absolute Gasteiger partial charge is 0.362 e. The number of nitrogens with zero attached hydrogens (tertiary/aromatic N) is 1. The van der Waals surface area contributed by atoms with E-state index >= 15 is 0 Å². The van der Waals surface area contributed by atoms with Crippen molar-refractivity contribution >= 4 is 17.5 Å². The molecule has 1 aromatic carbocycles. The second kappa shape index (κ2) is 6.99. The summed E-state index contributed by atoms with van der Waals surface area (Å²) in [6, 6.07) is 10.9. The fourth-order valence-corrected chi connectivity index (χ4v) is 2.78. The predicted molar refractivity (Wildman–Crippen MR) is 89.6 cm³/mol. The number of hydrazine groups is 1. The molecule has 0 fully saturated rings. The first kappa shape index (κ1) is 15.8. The monoisotopic (exact) mass is 326 g/mol. The summed E-state index contributed by atoms with van der Waals surface area (Å²) in [5.74, 6) is -0.989. The van der Waals surface area contributed by atoms with Crippen LogP contribution in [-0.2, 0) is 11.2 Å². The first-order valence-electron chi connectivity index (χ1n) is 7.75. The number of nitrogens with one attached hydrogen (secondary N) is 3. The van der Waals surface area contributed by atoms with Crippen LogP contribution in [0.15, 0.2) is 47.4 Å². The quantitative estimate of drug-likeness (QED) is 0.720. The van der Waals surface area contributed by atoms with Crippen molar-refractivity contribution in [2.24, 2.45) is 0 Å². The summed E-state index contributed by atoms with van der Waals surface area (Å²) in [6.45, 7) is 0.930. The van der Waals surface area contributed by atoms with Crippen molar-refractivity contribution in [2.45, 2.75) is 12.8 Å². The van der Waals surface area contributed by atoms with E-state index in [9.17, 15) is 14.4 Å². The highest BCUT2D eigenvalue weighted by Gasteiger charge is 2.19. The molecule has 1 aliphatic rings. The van der Waals surface area contributed by atoms with E-state index in [1.807, 2.05) is 23.1 Å². The van der Waals surface area contributed by atoms with Crippen LogP contribution in [0.1, 0.15) is 22.3 Å². The summed E-state index contributed by atoms with van der Waals surface area (Å²) >= 11 is 0. The molecule has 7 heteroatoms. The Morgan fingerprint density at radius 1 is 1.12 bits per heavy atom. The normalized spacial score (nSPS) is 13.1. The molecule has 0 unspecified atom stereocenters. The lowest BCUT2D eigenvalue weighted by molar-refractivity contribution is -0.120. The molecule has 2 amide bonds. The highest BCUT2D eigenvalue weighted by atomic mass is 16.2. The standard InChI is InChI=1S/C17H18N4O3/c22-15(19-20-17(24)13-7-3-9-18-16(13)23)11-21-10-4-6-12-5-1-2-8-14(12)21/h1-3,5,7-9H,4,6,10-11H2,(H,18,23)(H,19,22)(H,20,24). The van der Waals surface area contributed by atoms with Crippen LogP contribution in [0.4, 0.5) is 5.69 Å². The van der Waals surface area contributed by atoms with Crippen LogP contribution in [0, 0.1) is 0 Å². The van der Waals surface area contributed by atoms with Gasteiger partial charge in [-0.15, -0.1) is 0 Å². The number of anilines is 1. The van der Waals surface area contributed by atoms with Gasteiger partial charge in [0.25, 0.3) is 17.4 Å².